The van der Waals surface area contributed by atoms with Gasteiger partial charge in [-0.1, -0.05) is 12.1 Å². The molecular formula is C33H28FIN4O5. The summed E-state index contributed by atoms with van der Waals surface area (Å²) in [6, 6.07) is 26.2. The Balaban J connectivity index is 1.08. The van der Waals surface area contributed by atoms with Crippen LogP contribution in [0.25, 0.3) is 5.69 Å². The van der Waals surface area contributed by atoms with Crippen molar-refractivity contribution in [1.29, 1.82) is 0 Å². The van der Waals surface area contributed by atoms with E-state index in [2.05, 4.69) is 69.0 Å². The van der Waals surface area contributed by atoms with Gasteiger partial charge in [0.2, 0.25) is 0 Å². The SMILES string of the molecule is Cc1ccc(C)n1-c1ccc(OCc2ccc(C(=O)N/N=C/c3ccc(OCC(=O)Nc4ccccc4F)c(I)c3)o2)cc1. The largest absolute Gasteiger partial charge is 0.486 e. The minimum absolute atomic E-state index is 0.0865. The molecule has 0 bridgehead atoms. The van der Waals surface area contributed by atoms with Crippen LogP contribution in [0.3, 0.4) is 0 Å². The Morgan fingerprint density at radius 1 is 0.955 bits per heavy atom. The molecule has 0 fully saturated rings. The van der Waals surface area contributed by atoms with Crippen LogP contribution in [0.4, 0.5) is 10.1 Å². The lowest BCUT2D eigenvalue weighted by atomic mass is 10.2. The number of hydrogen-bond acceptors (Lipinski definition) is 6. The van der Waals surface area contributed by atoms with Gasteiger partial charge in [-0.25, -0.2) is 9.82 Å². The van der Waals surface area contributed by atoms with Crippen molar-refractivity contribution in [1.82, 2.24) is 9.99 Å². The standard InChI is InChI=1S/C33H28FIN4O5/c1-21-7-8-22(2)39(21)24-10-12-25(13-11-24)42-19-26-14-16-31(44-26)33(41)38-36-18-23-9-15-30(28(35)17-23)43-20-32(40)37-29-6-4-3-5-27(29)34/h3-18H,19-20H2,1-2H3,(H,37,40)(H,38,41)/b36-18+. The number of nitrogens with one attached hydrogen (secondary N) is 2. The molecule has 0 saturated heterocycles. The van der Waals surface area contributed by atoms with Crippen LogP contribution >= 0.6 is 22.6 Å². The lowest BCUT2D eigenvalue weighted by Gasteiger charge is -2.10. The molecule has 44 heavy (non-hydrogen) atoms. The lowest BCUT2D eigenvalue weighted by molar-refractivity contribution is -0.118. The number of halogens is 2. The van der Waals surface area contributed by atoms with Crippen molar-refractivity contribution in [2.24, 2.45) is 5.10 Å². The molecule has 5 aromatic rings. The Labute approximate surface area is 266 Å². The number of rotatable bonds is 11. The number of nitrogens with zero attached hydrogens (tertiary/aromatic N) is 2. The fourth-order valence-corrected chi connectivity index (χ4v) is 5.02. The van der Waals surface area contributed by atoms with Crippen LogP contribution in [0.5, 0.6) is 11.5 Å². The quantitative estimate of drug-likeness (QED) is 0.0894. The molecular weight excluding hydrogens is 678 g/mol. The number of anilines is 1. The van der Waals surface area contributed by atoms with Gasteiger partial charge in [0.25, 0.3) is 5.91 Å². The first-order valence-electron chi connectivity index (χ1n) is 13.5. The van der Waals surface area contributed by atoms with E-state index in [0.29, 0.717) is 22.8 Å². The molecule has 2 aromatic heterocycles. The number of carbonyl (C=O) groups excluding carboxylic acids is 2. The maximum atomic E-state index is 13.7. The average molecular weight is 707 g/mol. The summed E-state index contributed by atoms with van der Waals surface area (Å²) < 4.78 is 33.6. The van der Waals surface area contributed by atoms with E-state index in [0.717, 1.165) is 20.6 Å². The first kappa shape index (κ1) is 30.5. The summed E-state index contributed by atoms with van der Waals surface area (Å²) in [6.45, 7) is 4.00. The molecule has 2 heterocycles. The third kappa shape index (κ3) is 7.72. The Hall–Kier alpha value is -4.91. The summed E-state index contributed by atoms with van der Waals surface area (Å²) in [6.07, 6.45) is 1.47. The van der Waals surface area contributed by atoms with E-state index in [9.17, 15) is 14.0 Å². The molecule has 0 aliphatic rings. The Kier molecular flexibility index (Phi) is 9.75. The average Bonchev–Trinajstić information content (AvgIpc) is 3.63. The normalized spacial score (nSPS) is 11.0. The van der Waals surface area contributed by atoms with Gasteiger partial charge in [0.05, 0.1) is 15.5 Å². The van der Waals surface area contributed by atoms with Crippen molar-refractivity contribution in [2.75, 3.05) is 11.9 Å². The molecule has 0 aliphatic heterocycles. The van der Waals surface area contributed by atoms with E-state index in [1.165, 1.54) is 24.4 Å². The fourth-order valence-electron chi connectivity index (χ4n) is 4.33. The molecule has 2 amide bonds. The summed E-state index contributed by atoms with van der Waals surface area (Å²) in [5.74, 6) is 0.227. The molecule has 224 valence electrons. The first-order valence-corrected chi connectivity index (χ1v) is 14.6. The smallest absolute Gasteiger partial charge is 0.307 e. The Morgan fingerprint density at radius 2 is 1.70 bits per heavy atom. The van der Waals surface area contributed by atoms with Crippen molar-refractivity contribution in [2.45, 2.75) is 20.5 Å². The second-order valence-corrected chi connectivity index (χ2v) is 10.9. The zero-order valence-electron chi connectivity index (χ0n) is 23.8. The van der Waals surface area contributed by atoms with Crippen LogP contribution in [0.2, 0.25) is 0 Å². The van der Waals surface area contributed by atoms with Crippen LogP contribution < -0.4 is 20.2 Å². The van der Waals surface area contributed by atoms with Crippen LogP contribution in [-0.4, -0.2) is 29.2 Å². The predicted octanol–water partition coefficient (Wildman–Crippen LogP) is 6.79. The summed E-state index contributed by atoms with van der Waals surface area (Å²) in [5, 5.41) is 6.47. The molecule has 0 spiro atoms. The van der Waals surface area contributed by atoms with E-state index in [1.54, 1.807) is 36.4 Å². The number of benzene rings is 3. The number of hydrogen-bond donors (Lipinski definition) is 2. The van der Waals surface area contributed by atoms with E-state index >= 15 is 0 Å². The second-order valence-electron chi connectivity index (χ2n) is 9.71. The van der Waals surface area contributed by atoms with E-state index in [-0.39, 0.29) is 24.7 Å². The molecule has 0 aliphatic carbocycles. The number of aromatic nitrogens is 1. The van der Waals surface area contributed by atoms with Crippen molar-refractivity contribution in [3.05, 3.63) is 129 Å². The highest BCUT2D eigenvalue weighted by Crippen LogP contribution is 2.23. The van der Waals surface area contributed by atoms with Gasteiger partial charge in [0, 0.05) is 17.1 Å². The minimum Gasteiger partial charge on any atom is -0.486 e. The zero-order valence-corrected chi connectivity index (χ0v) is 26.0. The third-order valence-corrected chi connectivity index (χ3v) is 7.32. The fraction of sp³-hybridized carbons (Fsp3) is 0.121. The second kappa shape index (κ2) is 14.0. The Bertz CT molecular complexity index is 1790. The van der Waals surface area contributed by atoms with Gasteiger partial charge in [-0.3, -0.25) is 9.59 Å². The van der Waals surface area contributed by atoms with Gasteiger partial charge >= 0.3 is 5.91 Å². The minimum atomic E-state index is -0.524. The third-order valence-electron chi connectivity index (χ3n) is 6.47. The van der Waals surface area contributed by atoms with Crippen LogP contribution in [0.15, 0.2) is 101 Å². The topological polar surface area (TPSA) is 107 Å². The van der Waals surface area contributed by atoms with E-state index in [1.807, 2.05) is 24.3 Å². The molecule has 0 radical (unpaired) electrons. The number of para-hydroxylation sites is 1. The molecule has 11 heteroatoms. The number of ether oxygens (including phenoxy) is 2. The van der Waals surface area contributed by atoms with Gasteiger partial charge < -0.3 is 23.8 Å². The molecule has 9 nitrogen and oxygen atoms in total. The van der Waals surface area contributed by atoms with Crippen LogP contribution in [-0.2, 0) is 11.4 Å². The van der Waals surface area contributed by atoms with Gasteiger partial charge in [-0.2, -0.15) is 5.10 Å². The van der Waals surface area contributed by atoms with Crippen molar-refractivity contribution >= 4 is 46.3 Å². The van der Waals surface area contributed by atoms with Gasteiger partial charge in [0.15, 0.2) is 12.4 Å². The van der Waals surface area contributed by atoms with Crippen molar-refractivity contribution in [3.63, 3.8) is 0 Å². The van der Waals surface area contributed by atoms with Crippen LogP contribution in [0.1, 0.15) is 33.3 Å². The molecule has 2 N–H and O–H groups in total. The number of amides is 2. The van der Waals surface area contributed by atoms with Crippen molar-refractivity contribution < 1.29 is 27.9 Å². The van der Waals surface area contributed by atoms with Gasteiger partial charge in [-0.05, 0) is 121 Å². The number of aryl methyl sites for hydroxylation is 2. The maximum absolute atomic E-state index is 13.7. The summed E-state index contributed by atoms with van der Waals surface area (Å²) in [7, 11) is 0. The number of furan rings is 1. The van der Waals surface area contributed by atoms with Gasteiger partial charge in [-0.15, -0.1) is 0 Å². The monoisotopic (exact) mass is 706 g/mol. The first-order chi connectivity index (χ1) is 21.3. The Morgan fingerprint density at radius 3 is 2.43 bits per heavy atom. The molecule has 0 atom stereocenters. The number of carbonyl (C=O) groups is 2. The molecule has 5 rings (SSSR count). The highest BCUT2D eigenvalue weighted by molar-refractivity contribution is 14.1. The van der Waals surface area contributed by atoms with Crippen molar-refractivity contribution in [3.8, 4) is 17.2 Å². The number of hydrazone groups is 1. The highest BCUT2D eigenvalue weighted by atomic mass is 127. The summed E-state index contributed by atoms with van der Waals surface area (Å²) >= 11 is 2.06. The maximum Gasteiger partial charge on any atom is 0.307 e. The highest BCUT2D eigenvalue weighted by Gasteiger charge is 2.12. The predicted molar refractivity (Wildman–Crippen MR) is 173 cm³/mol. The molecule has 3 aromatic carbocycles. The summed E-state index contributed by atoms with van der Waals surface area (Å²) in [4.78, 5) is 24.6. The summed E-state index contributed by atoms with van der Waals surface area (Å²) in [5.41, 5.74) is 6.58. The van der Waals surface area contributed by atoms with Crippen LogP contribution in [0, 0.1) is 23.2 Å². The molecule has 0 saturated carbocycles. The zero-order chi connectivity index (χ0) is 31.1. The van der Waals surface area contributed by atoms with E-state index < -0.39 is 17.6 Å². The van der Waals surface area contributed by atoms with Gasteiger partial charge in [0.1, 0.15) is 29.7 Å². The molecule has 0 unspecified atom stereocenters. The van der Waals surface area contributed by atoms with E-state index in [4.69, 9.17) is 13.9 Å². The lowest BCUT2D eigenvalue weighted by Crippen LogP contribution is -2.21.